The summed E-state index contributed by atoms with van der Waals surface area (Å²) in [6.07, 6.45) is 6.60. The lowest BCUT2D eigenvalue weighted by Gasteiger charge is -2.25. The topological polar surface area (TPSA) is 47.1 Å². The summed E-state index contributed by atoms with van der Waals surface area (Å²) in [6.45, 7) is 4.22. The highest BCUT2D eigenvalue weighted by Crippen LogP contribution is 2.31. The molecule has 1 aromatic heterocycles. The Hall–Kier alpha value is -0.870. The maximum Gasteiger partial charge on any atom is 0.0537 e. The molecule has 1 fully saturated rings. The van der Waals surface area contributed by atoms with Crippen LogP contribution in [0.1, 0.15) is 31.4 Å². The van der Waals surface area contributed by atoms with Gasteiger partial charge in [0.05, 0.1) is 6.20 Å². The fourth-order valence-electron chi connectivity index (χ4n) is 2.40. The van der Waals surface area contributed by atoms with Gasteiger partial charge in [0.1, 0.15) is 0 Å². The van der Waals surface area contributed by atoms with Gasteiger partial charge in [-0.15, -0.1) is 0 Å². The van der Waals surface area contributed by atoms with Crippen LogP contribution in [0.15, 0.2) is 12.4 Å². The number of nitrogens with two attached hydrogens (primary N) is 1. The second-order valence-electron chi connectivity index (χ2n) is 4.58. The summed E-state index contributed by atoms with van der Waals surface area (Å²) in [5.74, 6) is 0. The van der Waals surface area contributed by atoms with E-state index >= 15 is 0 Å². The van der Waals surface area contributed by atoms with Crippen molar-refractivity contribution in [3.63, 3.8) is 0 Å². The zero-order valence-corrected chi connectivity index (χ0v) is 9.56. The molecular weight excluding hydrogens is 188 g/mol. The van der Waals surface area contributed by atoms with Crippen molar-refractivity contribution >= 4 is 0 Å². The van der Waals surface area contributed by atoms with Crippen molar-refractivity contribution in [2.75, 3.05) is 13.1 Å². The highest BCUT2D eigenvalue weighted by atomic mass is 15.3. The summed E-state index contributed by atoms with van der Waals surface area (Å²) in [7, 11) is 1.97. The summed E-state index contributed by atoms with van der Waals surface area (Å²) in [5, 5.41) is 4.23. The molecule has 1 saturated heterocycles. The van der Waals surface area contributed by atoms with E-state index in [0.29, 0.717) is 6.04 Å². The molecule has 15 heavy (non-hydrogen) atoms. The van der Waals surface area contributed by atoms with Crippen LogP contribution in [0.2, 0.25) is 0 Å². The van der Waals surface area contributed by atoms with Gasteiger partial charge >= 0.3 is 0 Å². The number of likely N-dealkylation sites (tertiary alicyclic amines) is 1. The molecule has 1 aromatic rings. The van der Waals surface area contributed by atoms with E-state index in [1.165, 1.54) is 24.9 Å². The lowest BCUT2D eigenvalue weighted by molar-refractivity contribution is 0.245. The monoisotopic (exact) mass is 208 g/mol. The van der Waals surface area contributed by atoms with Crippen LogP contribution in [0.3, 0.4) is 0 Å². The van der Waals surface area contributed by atoms with Crippen LogP contribution in [0.5, 0.6) is 0 Å². The highest BCUT2D eigenvalue weighted by Gasteiger charge is 2.27. The number of nitrogens with zero attached hydrogens (tertiary/aromatic N) is 3. The molecule has 2 atom stereocenters. The number of hydrogen-bond donors (Lipinski definition) is 1. The molecule has 0 aromatic carbocycles. The molecule has 1 aliphatic rings. The van der Waals surface area contributed by atoms with Crippen LogP contribution < -0.4 is 5.73 Å². The third-order valence-electron chi connectivity index (χ3n) is 3.00. The maximum atomic E-state index is 5.86. The van der Waals surface area contributed by atoms with E-state index < -0.39 is 0 Å². The molecule has 2 heterocycles. The largest absolute Gasteiger partial charge is 0.327 e. The van der Waals surface area contributed by atoms with E-state index in [9.17, 15) is 0 Å². The lowest BCUT2D eigenvalue weighted by atomic mass is 10.1. The van der Waals surface area contributed by atoms with Crippen LogP contribution in [0.4, 0.5) is 0 Å². The smallest absolute Gasteiger partial charge is 0.0537 e. The van der Waals surface area contributed by atoms with Gasteiger partial charge in [0, 0.05) is 37.4 Å². The van der Waals surface area contributed by atoms with Crippen molar-refractivity contribution in [1.29, 1.82) is 0 Å². The van der Waals surface area contributed by atoms with Crippen LogP contribution in [0, 0.1) is 0 Å². The second-order valence-corrected chi connectivity index (χ2v) is 4.58. The van der Waals surface area contributed by atoms with Gasteiger partial charge in [-0.25, -0.2) is 0 Å². The van der Waals surface area contributed by atoms with Crippen molar-refractivity contribution in [2.24, 2.45) is 12.8 Å². The standard InChI is InChI=1S/C11H20N4/c1-9(12)7-15-5-3-4-11(15)10-6-13-14(2)8-10/h6,8-9,11H,3-5,7,12H2,1-2H3. The van der Waals surface area contributed by atoms with Gasteiger partial charge in [-0.05, 0) is 26.3 Å². The normalized spacial score (nSPS) is 24.6. The minimum atomic E-state index is 0.252. The van der Waals surface area contributed by atoms with Gasteiger partial charge in [-0.3, -0.25) is 9.58 Å². The Balaban J connectivity index is 2.07. The van der Waals surface area contributed by atoms with Crippen LogP contribution in [0.25, 0.3) is 0 Å². The predicted octanol–water partition coefficient (Wildman–Crippen LogP) is 0.904. The van der Waals surface area contributed by atoms with Crippen LogP contribution in [-0.2, 0) is 7.05 Å². The van der Waals surface area contributed by atoms with E-state index in [1.807, 2.05) is 17.9 Å². The fraction of sp³-hybridized carbons (Fsp3) is 0.727. The molecule has 1 aliphatic heterocycles. The van der Waals surface area contributed by atoms with Crippen molar-refractivity contribution in [3.05, 3.63) is 18.0 Å². The maximum absolute atomic E-state index is 5.86. The Bertz CT molecular complexity index is 318. The summed E-state index contributed by atoms with van der Waals surface area (Å²) in [5.41, 5.74) is 7.18. The third-order valence-corrected chi connectivity index (χ3v) is 3.00. The van der Waals surface area contributed by atoms with Crippen molar-refractivity contribution in [1.82, 2.24) is 14.7 Å². The van der Waals surface area contributed by atoms with Crippen LogP contribution >= 0.6 is 0 Å². The van der Waals surface area contributed by atoms with Crippen molar-refractivity contribution in [3.8, 4) is 0 Å². The molecule has 0 aliphatic carbocycles. The van der Waals surface area contributed by atoms with E-state index in [0.717, 1.165) is 6.54 Å². The second kappa shape index (κ2) is 4.33. The first kappa shape index (κ1) is 10.6. The van der Waals surface area contributed by atoms with E-state index in [2.05, 4.69) is 23.1 Å². The molecular formula is C11H20N4. The summed E-state index contributed by atoms with van der Waals surface area (Å²) in [4.78, 5) is 2.47. The Labute approximate surface area is 91.1 Å². The first-order chi connectivity index (χ1) is 7.16. The lowest BCUT2D eigenvalue weighted by Crippen LogP contribution is -2.35. The first-order valence-electron chi connectivity index (χ1n) is 5.65. The molecule has 0 saturated carbocycles. The Morgan fingerprint density at radius 3 is 3.07 bits per heavy atom. The molecule has 0 spiro atoms. The van der Waals surface area contributed by atoms with Gasteiger partial charge in [-0.2, -0.15) is 5.10 Å². The summed E-state index contributed by atoms with van der Waals surface area (Å²) < 4.78 is 1.87. The molecule has 2 N–H and O–H groups in total. The Kier molecular flexibility index (Phi) is 3.07. The molecule has 4 nitrogen and oxygen atoms in total. The fourth-order valence-corrected chi connectivity index (χ4v) is 2.40. The molecule has 84 valence electrons. The zero-order chi connectivity index (χ0) is 10.8. The quantitative estimate of drug-likeness (QED) is 0.803. The van der Waals surface area contributed by atoms with E-state index in [4.69, 9.17) is 5.73 Å². The predicted molar refractivity (Wildman–Crippen MR) is 60.4 cm³/mol. The Morgan fingerprint density at radius 1 is 1.67 bits per heavy atom. The molecule has 0 amide bonds. The number of hydrogen-bond acceptors (Lipinski definition) is 3. The first-order valence-corrected chi connectivity index (χ1v) is 5.65. The minimum absolute atomic E-state index is 0.252. The molecule has 0 bridgehead atoms. The zero-order valence-electron chi connectivity index (χ0n) is 9.56. The van der Waals surface area contributed by atoms with Gasteiger partial charge < -0.3 is 5.73 Å². The average Bonchev–Trinajstić information content (AvgIpc) is 2.72. The molecule has 2 rings (SSSR count). The van der Waals surface area contributed by atoms with Gasteiger partial charge in [0.15, 0.2) is 0 Å². The minimum Gasteiger partial charge on any atom is -0.327 e. The van der Waals surface area contributed by atoms with Crippen molar-refractivity contribution < 1.29 is 0 Å². The number of aryl methyl sites for hydroxylation is 1. The van der Waals surface area contributed by atoms with Gasteiger partial charge in [0.2, 0.25) is 0 Å². The van der Waals surface area contributed by atoms with Gasteiger partial charge in [-0.1, -0.05) is 0 Å². The van der Waals surface area contributed by atoms with Gasteiger partial charge in [0.25, 0.3) is 0 Å². The van der Waals surface area contributed by atoms with E-state index in [1.54, 1.807) is 0 Å². The molecule has 0 radical (unpaired) electrons. The van der Waals surface area contributed by atoms with Crippen LogP contribution in [-0.4, -0.2) is 33.8 Å². The Morgan fingerprint density at radius 2 is 2.47 bits per heavy atom. The number of rotatable bonds is 3. The average molecular weight is 208 g/mol. The SMILES string of the molecule is CC(N)CN1CCCC1c1cnn(C)c1. The summed E-state index contributed by atoms with van der Waals surface area (Å²) in [6, 6.07) is 0.784. The summed E-state index contributed by atoms with van der Waals surface area (Å²) >= 11 is 0. The number of aromatic nitrogens is 2. The molecule has 2 unspecified atom stereocenters. The molecule has 4 heteroatoms. The highest BCUT2D eigenvalue weighted by molar-refractivity contribution is 5.12. The van der Waals surface area contributed by atoms with Crippen molar-refractivity contribution in [2.45, 2.75) is 31.8 Å². The third kappa shape index (κ3) is 2.38. The van der Waals surface area contributed by atoms with E-state index in [-0.39, 0.29) is 6.04 Å².